The smallest absolute Gasteiger partial charge is 0.344 e. The number of nitro benzene ring substituents is 5. The van der Waals surface area contributed by atoms with Gasteiger partial charge in [-0.25, -0.2) is 0 Å². The predicted octanol–water partition coefficient (Wildman–Crippen LogP) is 2.82. The second-order valence-corrected chi connectivity index (χ2v) is 5.84. The minimum Gasteiger partial charge on any atom is -0.344 e. The minimum atomic E-state index is -2.16. The molecule has 0 aromatic heterocycles. The minimum absolute atomic E-state index is 0. The van der Waals surface area contributed by atoms with Crippen molar-refractivity contribution in [3.63, 3.8) is 0 Å². The van der Waals surface area contributed by atoms with Gasteiger partial charge in [0, 0.05) is 6.08 Å². The zero-order chi connectivity index (χ0) is 27.9. The molecule has 23 nitrogen and oxygen atoms in total. The van der Waals surface area contributed by atoms with E-state index < -0.39 is 74.3 Å². The highest BCUT2D eigenvalue weighted by atomic mass is 16.9. The van der Waals surface area contributed by atoms with Crippen LogP contribution >= 0.6 is 0 Å². The lowest BCUT2D eigenvalue weighted by Gasteiger charge is -2.05. The summed E-state index contributed by atoms with van der Waals surface area (Å²) in [5, 5.41) is 82.6. The van der Waals surface area contributed by atoms with Gasteiger partial charge in [-0.05, 0) is 5.56 Å². The molecule has 4 N–H and O–H groups in total. The Morgan fingerprint density at radius 1 is 0.595 bits per heavy atom. The highest BCUT2D eigenvalue weighted by Crippen LogP contribution is 2.53. The van der Waals surface area contributed by atoms with Crippen molar-refractivity contribution in [3.8, 4) is 0 Å². The van der Waals surface area contributed by atoms with Crippen LogP contribution in [0.1, 0.15) is 11.1 Å². The van der Waals surface area contributed by atoms with Crippen LogP contribution in [-0.4, -0.2) is 39.8 Å². The van der Waals surface area contributed by atoms with Crippen LogP contribution in [-0.2, 0) is 0 Å². The molecule has 0 fully saturated rings. The highest BCUT2D eigenvalue weighted by molar-refractivity contribution is 5.96. The Bertz CT molecular complexity index is 1280. The van der Waals surface area contributed by atoms with E-state index in [-0.39, 0.29) is 11.7 Å². The molecule has 2 aromatic rings. The summed E-state index contributed by atoms with van der Waals surface area (Å²) in [7, 11) is 0. The third-order valence-corrected chi connectivity index (χ3v) is 3.84. The molecule has 2 rings (SSSR count). The first-order valence-electron chi connectivity index (χ1n) is 8.34. The van der Waals surface area contributed by atoms with Gasteiger partial charge >= 0.3 is 28.4 Å². The molecule has 0 unspecified atom stereocenters. The Hall–Kier alpha value is -6.26. The zero-order valence-electron chi connectivity index (χ0n) is 17.5. The summed E-state index contributed by atoms with van der Waals surface area (Å²) in [6.45, 7) is 0. The van der Waals surface area contributed by atoms with Crippen LogP contribution in [0.25, 0.3) is 11.8 Å². The molecule has 0 aliphatic heterocycles. The first kappa shape index (κ1) is 30.7. The van der Waals surface area contributed by atoms with Crippen molar-refractivity contribution in [3.05, 3.63) is 112 Å². The number of hydrogen-bond donors (Lipinski definition) is 2. The maximum absolute atomic E-state index is 11.7. The quantitative estimate of drug-likeness (QED) is 0.281. The van der Waals surface area contributed by atoms with Gasteiger partial charge in [-0.2, -0.15) is 0 Å². The summed E-state index contributed by atoms with van der Waals surface area (Å²) < 4.78 is 0. The van der Waals surface area contributed by atoms with Gasteiger partial charge in [0.1, 0.15) is 0 Å². The summed E-state index contributed by atoms with van der Waals surface area (Å²) in [6.07, 6.45) is 0.536. The predicted molar refractivity (Wildman–Crippen MR) is 115 cm³/mol. The third kappa shape index (κ3) is 6.86. The highest BCUT2D eigenvalue weighted by Gasteiger charge is 2.57. The number of nitrogens with zero attached hydrogens (tertiary/aromatic N) is 7. The normalized spacial score (nSPS) is 10.1. The number of hydrogen-bond acceptors (Lipinski definition) is 15. The molecule has 0 atom stereocenters. The molecule has 0 aliphatic rings. The van der Waals surface area contributed by atoms with Crippen molar-refractivity contribution in [1.29, 1.82) is 0 Å². The molecule has 0 radical (unpaired) electrons. The molecule has 0 heterocycles. The molecule has 196 valence electrons. The van der Waals surface area contributed by atoms with E-state index >= 15 is 0 Å². The maximum atomic E-state index is 11.7. The van der Waals surface area contributed by atoms with Gasteiger partial charge in [0.15, 0.2) is 0 Å². The maximum Gasteiger partial charge on any atom is 0.437 e. The van der Waals surface area contributed by atoms with Crippen LogP contribution in [0, 0.1) is 70.8 Å². The molecule has 23 heteroatoms. The van der Waals surface area contributed by atoms with Crippen LogP contribution in [0.4, 0.5) is 28.4 Å². The van der Waals surface area contributed by atoms with Gasteiger partial charge in [0.2, 0.25) is 5.56 Å². The fourth-order valence-corrected chi connectivity index (χ4v) is 2.73. The third-order valence-electron chi connectivity index (χ3n) is 3.84. The summed E-state index contributed by atoms with van der Waals surface area (Å²) in [6, 6.07) is 6.61. The lowest BCUT2D eigenvalue weighted by atomic mass is 10.00. The van der Waals surface area contributed by atoms with Crippen LogP contribution in [0.3, 0.4) is 0 Å². The fourth-order valence-electron chi connectivity index (χ4n) is 2.73. The van der Waals surface area contributed by atoms with E-state index in [1.54, 1.807) is 0 Å². The van der Waals surface area contributed by atoms with Crippen molar-refractivity contribution in [1.82, 2.24) is 6.15 Å². The van der Waals surface area contributed by atoms with Gasteiger partial charge in [0.25, 0.3) is 10.8 Å². The molecule has 0 saturated heterocycles. The molecule has 0 bridgehead atoms. The van der Waals surface area contributed by atoms with E-state index in [1.807, 2.05) is 0 Å². The average molecular weight is 530 g/mol. The summed E-state index contributed by atoms with van der Waals surface area (Å²) in [4.78, 5) is 67.3. The van der Waals surface area contributed by atoms with Crippen molar-refractivity contribution < 1.29 is 39.8 Å². The molecule has 37 heavy (non-hydrogen) atoms. The Morgan fingerprint density at radius 3 is 1.16 bits per heavy atom. The fraction of sp³-hybridized carbons (Fsp3) is 0. The first-order chi connectivity index (χ1) is 16.6. The zero-order valence-corrected chi connectivity index (χ0v) is 17.5. The standard InChI is InChI=1S/C14H6N6O12.HNO3.H3N/c21-15(22)8(6-7-4-2-1-3-5-7)9-10(16(23)24)12(18(27)28)14(20(31)32)13(19(29)30)11(9)17(25)26;2-1(3)4;/h1-6H;(H,2,3,4);1H3. The topological polar surface area (TPSA) is 357 Å². The van der Waals surface area contributed by atoms with E-state index in [1.165, 1.54) is 30.3 Å². The van der Waals surface area contributed by atoms with E-state index in [9.17, 15) is 60.7 Å². The molecule has 0 amide bonds. The number of rotatable bonds is 8. The first-order valence-corrected chi connectivity index (χ1v) is 8.34. The second-order valence-electron chi connectivity index (χ2n) is 5.84. The van der Waals surface area contributed by atoms with E-state index in [2.05, 4.69) is 0 Å². The summed E-state index contributed by atoms with van der Waals surface area (Å²) in [5.41, 5.74) is -13.7. The summed E-state index contributed by atoms with van der Waals surface area (Å²) >= 11 is 0. The summed E-state index contributed by atoms with van der Waals surface area (Å²) in [5.74, 6) is 0. The van der Waals surface area contributed by atoms with Gasteiger partial charge in [0.05, 0.1) is 29.5 Å². The van der Waals surface area contributed by atoms with Crippen molar-refractivity contribution >= 4 is 40.2 Å². The van der Waals surface area contributed by atoms with E-state index in [0.717, 1.165) is 0 Å². The molecular weight excluding hydrogens is 520 g/mol. The molecule has 2 aromatic carbocycles. The lowest BCUT2D eigenvalue weighted by Crippen LogP contribution is -2.13. The van der Waals surface area contributed by atoms with Crippen LogP contribution in [0.2, 0.25) is 0 Å². The SMILES string of the molecule is N.O=[N+]([O-])C(=Cc1ccccc1)c1c([N+](=O)[O-])c([N+](=O)[O-])c([N+](=O)[O-])c([N+](=O)[O-])c1[N+](=O)[O-].O=[N+]([O-])O. The molecular formula is C14H10N8O15. The average Bonchev–Trinajstić information content (AvgIpc) is 2.75. The molecule has 0 saturated carbocycles. The number of nitro groups is 6. The molecule has 0 spiro atoms. The van der Waals surface area contributed by atoms with Crippen LogP contribution < -0.4 is 6.15 Å². The monoisotopic (exact) mass is 530 g/mol. The lowest BCUT2D eigenvalue weighted by molar-refractivity contribution is -0.742. The Labute approximate surface area is 199 Å². The van der Waals surface area contributed by atoms with Gasteiger partial charge in [-0.1, -0.05) is 30.3 Å². The Kier molecular flexibility index (Phi) is 10.2. The van der Waals surface area contributed by atoms with Crippen LogP contribution in [0.15, 0.2) is 30.3 Å². The van der Waals surface area contributed by atoms with Crippen molar-refractivity contribution in [2.75, 3.05) is 0 Å². The van der Waals surface area contributed by atoms with E-state index in [4.69, 9.17) is 15.3 Å². The van der Waals surface area contributed by atoms with Crippen LogP contribution in [0.5, 0.6) is 0 Å². The molecule has 0 aliphatic carbocycles. The van der Waals surface area contributed by atoms with Gasteiger partial charge in [-0.15, -0.1) is 10.1 Å². The van der Waals surface area contributed by atoms with E-state index in [0.29, 0.717) is 6.08 Å². The van der Waals surface area contributed by atoms with Gasteiger partial charge < -0.3 is 11.4 Å². The number of benzene rings is 2. The second kappa shape index (κ2) is 12.3. The van der Waals surface area contributed by atoms with Crippen molar-refractivity contribution in [2.24, 2.45) is 0 Å². The Balaban J connectivity index is 0.00000241. The largest absolute Gasteiger partial charge is 0.437 e. The van der Waals surface area contributed by atoms with Gasteiger partial charge in [-0.3, -0.25) is 60.7 Å². The Morgan fingerprint density at radius 2 is 0.892 bits per heavy atom. The van der Waals surface area contributed by atoms with Crippen molar-refractivity contribution in [2.45, 2.75) is 0 Å².